The SMILES string of the molecule is CCOc1ccc(N=C(NC#N)SCc2ccccc2C(F)(F)F)cc1. The summed E-state index contributed by atoms with van der Waals surface area (Å²) >= 11 is 1.02. The van der Waals surface area contributed by atoms with Gasteiger partial charge in [-0.1, -0.05) is 30.0 Å². The average Bonchev–Trinajstić information content (AvgIpc) is 2.61. The number of nitrogens with one attached hydrogen (secondary N) is 1. The van der Waals surface area contributed by atoms with Crippen LogP contribution in [0.5, 0.6) is 5.75 Å². The fourth-order valence-electron chi connectivity index (χ4n) is 2.11. The molecule has 0 aliphatic carbocycles. The second-order valence-electron chi connectivity index (χ2n) is 5.02. The average molecular weight is 379 g/mol. The van der Waals surface area contributed by atoms with E-state index in [1.54, 1.807) is 36.5 Å². The van der Waals surface area contributed by atoms with Crippen molar-refractivity contribution < 1.29 is 17.9 Å². The molecular weight excluding hydrogens is 363 g/mol. The van der Waals surface area contributed by atoms with Crippen molar-refractivity contribution in [3.63, 3.8) is 0 Å². The van der Waals surface area contributed by atoms with Gasteiger partial charge in [0.2, 0.25) is 0 Å². The molecule has 2 rings (SSSR count). The van der Waals surface area contributed by atoms with E-state index in [0.29, 0.717) is 18.0 Å². The van der Waals surface area contributed by atoms with Crippen LogP contribution in [0.2, 0.25) is 0 Å². The number of hydrogen-bond acceptors (Lipinski definition) is 4. The second kappa shape index (κ2) is 9.15. The Morgan fingerprint density at radius 2 is 1.88 bits per heavy atom. The van der Waals surface area contributed by atoms with Crippen LogP contribution >= 0.6 is 11.8 Å². The number of hydrogen-bond donors (Lipinski definition) is 1. The number of nitrogens with zero attached hydrogens (tertiary/aromatic N) is 2. The number of alkyl halides is 3. The maximum absolute atomic E-state index is 13.0. The zero-order chi connectivity index (χ0) is 19.0. The Balaban J connectivity index is 2.15. The zero-order valence-electron chi connectivity index (χ0n) is 13.9. The first-order chi connectivity index (χ1) is 12.4. The largest absolute Gasteiger partial charge is 0.494 e. The summed E-state index contributed by atoms with van der Waals surface area (Å²) in [6.45, 7) is 2.41. The van der Waals surface area contributed by atoms with Crippen molar-refractivity contribution in [2.75, 3.05) is 6.61 Å². The highest BCUT2D eigenvalue weighted by atomic mass is 32.2. The highest BCUT2D eigenvalue weighted by Gasteiger charge is 2.32. The van der Waals surface area contributed by atoms with Gasteiger partial charge in [0.05, 0.1) is 17.9 Å². The van der Waals surface area contributed by atoms with E-state index in [9.17, 15) is 13.2 Å². The van der Waals surface area contributed by atoms with E-state index in [0.717, 1.165) is 17.8 Å². The molecule has 0 aliphatic rings. The summed E-state index contributed by atoms with van der Waals surface area (Å²) in [5.41, 5.74) is -0.00295. The summed E-state index contributed by atoms with van der Waals surface area (Å²) < 4.78 is 44.5. The van der Waals surface area contributed by atoms with E-state index >= 15 is 0 Å². The number of aliphatic imine (C=N–C) groups is 1. The summed E-state index contributed by atoms with van der Waals surface area (Å²) in [5, 5.41) is 11.5. The summed E-state index contributed by atoms with van der Waals surface area (Å²) in [6, 6.07) is 12.2. The summed E-state index contributed by atoms with van der Waals surface area (Å²) in [5.74, 6) is 0.716. The fraction of sp³-hybridized carbons (Fsp3) is 0.222. The standard InChI is InChI=1S/C18H16F3N3OS/c1-2-25-15-9-7-14(8-10-15)24-17(23-12-22)26-11-13-5-3-4-6-16(13)18(19,20)21/h3-10H,2,11H2,1H3,(H,23,24). The maximum atomic E-state index is 13.0. The predicted molar refractivity (Wildman–Crippen MR) is 96.2 cm³/mol. The van der Waals surface area contributed by atoms with Crippen LogP contribution in [-0.4, -0.2) is 11.8 Å². The molecule has 0 bridgehead atoms. The van der Waals surface area contributed by atoms with E-state index in [1.165, 1.54) is 12.1 Å². The molecule has 2 aromatic rings. The first-order valence-electron chi connectivity index (χ1n) is 7.68. The summed E-state index contributed by atoms with van der Waals surface area (Å²) in [6.07, 6.45) is -2.67. The van der Waals surface area contributed by atoms with Crippen LogP contribution in [0.15, 0.2) is 53.5 Å². The van der Waals surface area contributed by atoms with Crippen molar-refractivity contribution >= 4 is 22.6 Å². The van der Waals surface area contributed by atoms with E-state index in [1.807, 2.05) is 6.92 Å². The van der Waals surface area contributed by atoms with E-state index in [4.69, 9.17) is 10.00 Å². The fourth-order valence-corrected chi connectivity index (χ4v) is 2.95. The van der Waals surface area contributed by atoms with Crippen LogP contribution in [0, 0.1) is 11.5 Å². The third-order valence-corrected chi connectivity index (χ3v) is 4.15. The van der Waals surface area contributed by atoms with Crippen molar-refractivity contribution in [2.24, 2.45) is 4.99 Å². The Hall–Kier alpha value is -2.66. The van der Waals surface area contributed by atoms with Crippen LogP contribution in [0.1, 0.15) is 18.1 Å². The van der Waals surface area contributed by atoms with E-state index in [-0.39, 0.29) is 16.5 Å². The number of ether oxygens (including phenoxy) is 1. The molecule has 0 radical (unpaired) electrons. The topological polar surface area (TPSA) is 57.4 Å². The minimum absolute atomic E-state index is 0.0280. The molecule has 0 aliphatic heterocycles. The lowest BCUT2D eigenvalue weighted by Gasteiger charge is -2.12. The molecule has 26 heavy (non-hydrogen) atoms. The molecule has 0 amide bonds. The second-order valence-corrected chi connectivity index (χ2v) is 5.99. The van der Waals surface area contributed by atoms with Gasteiger partial charge < -0.3 is 4.74 Å². The monoisotopic (exact) mass is 379 g/mol. The number of benzene rings is 2. The molecule has 2 aromatic carbocycles. The van der Waals surface area contributed by atoms with Gasteiger partial charge in [0.15, 0.2) is 11.4 Å². The minimum Gasteiger partial charge on any atom is -0.494 e. The summed E-state index contributed by atoms with van der Waals surface area (Å²) in [7, 11) is 0. The van der Waals surface area contributed by atoms with Crippen LogP contribution in [-0.2, 0) is 11.9 Å². The smallest absolute Gasteiger partial charge is 0.416 e. The highest BCUT2D eigenvalue weighted by Crippen LogP contribution is 2.33. The van der Waals surface area contributed by atoms with Crippen molar-refractivity contribution in [1.29, 1.82) is 5.26 Å². The van der Waals surface area contributed by atoms with Gasteiger partial charge in [0.25, 0.3) is 0 Å². The van der Waals surface area contributed by atoms with Crippen LogP contribution < -0.4 is 10.1 Å². The third-order valence-electron chi connectivity index (χ3n) is 3.23. The molecule has 8 heteroatoms. The lowest BCUT2D eigenvalue weighted by molar-refractivity contribution is -0.138. The van der Waals surface area contributed by atoms with Gasteiger partial charge in [-0.15, -0.1) is 0 Å². The first kappa shape index (κ1) is 19.7. The van der Waals surface area contributed by atoms with Crippen LogP contribution in [0.25, 0.3) is 0 Å². The Bertz CT molecular complexity index is 799. The molecule has 4 nitrogen and oxygen atoms in total. The molecule has 1 N–H and O–H groups in total. The molecule has 0 fully saturated rings. The Labute approximate surface area is 153 Å². The molecule has 0 aromatic heterocycles. The van der Waals surface area contributed by atoms with Gasteiger partial charge in [-0.05, 0) is 42.8 Å². The Morgan fingerprint density at radius 1 is 1.19 bits per heavy atom. The van der Waals surface area contributed by atoms with Crippen LogP contribution in [0.3, 0.4) is 0 Å². The van der Waals surface area contributed by atoms with Crippen molar-refractivity contribution in [2.45, 2.75) is 18.9 Å². The summed E-state index contributed by atoms with van der Waals surface area (Å²) in [4.78, 5) is 4.27. The molecule has 0 atom stereocenters. The molecule has 0 saturated carbocycles. The molecule has 0 unspecified atom stereocenters. The lowest BCUT2D eigenvalue weighted by atomic mass is 10.1. The minimum atomic E-state index is -4.42. The Kier molecular flexibility index (Phi) is 6.92. The number of thioether (sulfide) groups is 1. The molecule has 0 heterocycles. The Morgan fingerprint density at radius 3 is 2.50 bits per heavy atom. The number of rotatable bonds is 5. The normalized spacial score (nSPS) is 11.7. The van der Waals surface area contributed by atoms with Gasteiger partial charge in [-0.25, -0.2) is 4.99 Å². The van der Waals surface area contributed by atoms with E-state index < -0.39 is 11.7 Å². The molecule has 0 spiro atoms. The number of amidine groups is 1. The molecule has 136 valence electrons. The third kappa shape index (κ3) is 5.70. The van der Waals surface area contributed by atoms with Gasteiger partial charge in [0.1, 0.15) is 5.75 Å². The number of nitriles is 1. The lowest BCUT2D eigenvalue weighted by Crippen LogP contribution is -2.14. The van der Waals surface area contributed by atoms with Crippen LogP contribution in [0.4, 0.5) is 18.9 Å². The van der Waals surface area contributed by atoms with E-state index in [2.05, 4.69) is 10.3 Å². The maximum Gasteiger partial charge on any atom is 0.416 e. The quantitative estimate of drug-likeness (QED) is 0.340. The van der Waals surface area contributed by atoms with Gasteiger partial charge in [-0.2, -0.15) is 18.4 Å². The predicted octanol–water partition coefficient (Wildman–Crippen LogP) is 5.10. The first-order valence-corrected chi connectivity index (χ1v) is 8.67. The highest BCUT2D eigenvalue weighted by molar-refractivity contribution is 8.13. The van der Waals surface area contributed by atoms with Crippen molar-refractivity contribution in [3.05, 3.63) is 59.7 Å². The molecular formula is C18H16F3N3OS. The zero-order valence-corrected chi connectivity index (χ0v) is 14.7. The van der Waals surface area contributed by atoms with Crippen molar-refractivity contribution in [3.8, 4) is 11.9 Å². The number of halogens is 3. The van der Waals surface area contributed by atoms with Gasteiger partial charge in [-0.3, -0.25) is 5.32 Å². The molecule has 0 saturated heterocycles. The van der Waals surface area contributed by atoms with Gasteiger partial charge >= 0.3 is 6.18 Å². The van der Waals surface area contributed by atoms with Gasteiger partial charge in [0, 0.05) is 5.75 Å². The van der Waals surface area contributed by atoms with Crippen molar-refractivity contribution in [1.82, 2.24) is 5.32 Å².